The lowest BCUT2D eigenvalue weighted by Gasteiger charge is -2.60. The Morgan fingerprint density at radius 3 is 2.43 bits per heavy atom. The number of nitriles is 1. The highest BCUT2D eigenvalue weighted by molar-refractivity contribution is 6.31. The highest BCUT2D eigenvalue weighted by Crippen LogP contribution is 2.57. The van der Waals surface area contributed by atoms with Crippen molar-refractivity contribution < 1.29 is 10.1 Å². The quantitative estimate of drug-likeness (QED) is 0.758. The summed E-state index contributed by atoms with van der Waals surface area (Å²) in [7, 11) is 0. The van der Waals surface area contributed by atoms with Gasteiger partial charge in [0.05, 0.1) is 12.5 Å². The molecular weight excluding hydrogens is 370 g/mol. The number of hydrogen-bond acceptors (Lipinski definition) is 2. The van der Waals surface area contributed by atoms with Crippen molar-refractivity contribution in [2.75, 3.05) is 13.1 Å². The third-order valence-corrected chi connectivity index (χ3v) is 7.71. The average molecular weight is 401 g/mol. The molecule has 150 valence electrons. The van der Waals surface area contributed by atoms with Gasteiger partial charge in [0.15, 0.2) is 6.54 Å². The molecule has 0 heterocycles. The maximum atomic E-state index is 13.3. The van der Waals surface area contributed by atoms with E-state index in [-0.39, 0.29) is 17.5 Å². The zero-order valence-corrected chi connectivity index (χ0v) is 17.5. The molecule has 4 aliphatic carbocycles. The summed E-state index contributed by atoms with van der Waals surface area (Å²) in [5.74, 6) is 2.55. The molecule has 4 fully saturated rings. The number of nitrogens with zero attached hydrogens (tertiary/aromatic N) is 2. The van der Waals surface area contributed by atoms with Gasteiger partial charge in [-0.1, -0.05) is 29.8 Å². The molecule has 4 aliphatic rings. The Morgan fingerprint density at radius 2 is 1.86 bits per heavy atom. The van der Waals surface area contributed by atoms with E-state index in [0.717, 1.165) is 47.6 Å². The van der Waals surface area contributed by atoms with E-state index >= 15 is 0 Å². The highest BCUT2D eigenvalue weighted by atomic mass is 35.5. The van der Waals surface area contributed by atoms with Gasteiger partial charge in [0.25, 0.3) is 5.91 Å². The van der Waals surface area contributed by atoms with Crippen molar-refractivity contribution in [3.63, 3.8) is 0 Å². The zero-order valence-electron chi connectivity index (χ0n) is 16.7. The van der Waals surface area contributed by atoms with Crippen molar-refractivity contribution in [1.82, 2.24) is 4.90 Å². The van der Waals surface area contributed by atoms with E-state index in [0.29, 0.717) is 19.5 Å². The van der Waals surface area contributed by atoms with Gasteiger partial charge in [0.1, 0.15) is 6.04 Å². The van der Waals surface area contributed by atoms with Gasteiger partial charge in [-0.15, -0.1) is 0 Å². The summed E-state index contributed by atoms with van der Waals surface area (Å²) in [4.78, 5) is 15.5. The molecule has 1 aromatic rings. The molecule has 1 aromatic carbocycles. The van der Waals surface area contributed by atoms with Crippen molar-refractivity contribution in [1.29, 1.82) is 5.26 Å². The van der Waals surface area contributed by atoms with Gasteiger partial charge in [-0.05, 0) is 69.3 Å². The molecule has 5 heteroatoms. The van der Waals surface area contributed by atoms with Crippen LogP contribution in [0.2, 0.25) is 5.02 Å². The maximum Gasteiger partial charge on any atom is 0.278 e. The van der Waals surface area contributed by atoms with Crippen LogP contribution in [0, 0.1) is 29.1 Å². The lowest BCUT2D eigenvalue weighted by atomic mass is 9.52. The van der Waals surface area contributed by atoms with E-state index in [1.165, 1.54) is 19.3 Å². The normalized spacial score (nSPS) is 31.4. The van der Waals surface area contributed by atoms with Crippen molar-refractivity contribution in [2.24, 2.45) is 17.8 Å². The third-order valence-electron chi connectivity index (χ3n) is 7.37. The van der Waals surface area contributed by atoms with Crippen LogP contribution >= 0.6 is 11.6 Å². The molecule has 4 bridgehead atoms. The molecule has 1 atom stereocenters. The summed E-state index contributed by atoms with van der Waals surface area (Å²) in [6.07, 6.45) is 7.94. The maximum absolute atomic E-state index is 13.3. The van der Waals surface area contributed by atoms with E-state index in [4.69, 9.17) is 16.9 Å². The van der Waals surface area contributed by atoms with Crippen molar-refractivity contribution in [3.8, 4) is 6.07 Å². The largest absolute Gasteiger partial charge is 0.332 e. The molecule has 4 nitrogen and oxygen atoms in total. The predicted octanol–water partition coefficient (Wildman–Crippen LogP) is 3.68. The Bertz CT molecular complexity index is 736. The molecule has 0 aliphatic heterocycles. The van der Waals surface area contributed by atoms with Crippen LogP contribution in [0.1, 0.15) is 63.5 Å². The number of carbonyl (C=O) groups excluding carboxylic acids is 1. The van der Waals surface area contributed by atoms with Gasteiger partial charge < -0.3 is 10.2 Å². The minimum atomic E-state index is 0.0180. The van der Waals surface area contributed by atoms with E-state index < -0.39 is 0 Å². The first-order chi connectivity index (χ1) is 13.5. The van der Waals surface area contributed by atoms with E-state index in [9.17, 15) is 4.79 Å². The SMILES string of the molecule is C[C@@H]([NH2+]CC(=O)N(CCC#N)C12CC3CC(CC(C3)C1)C2)c1ccccc1Cl. The summed E-state index contributed by atoms with van der Waals surface area (Å²) in [5.41, 5.74) is 1.08. The fourth-order valence-corrected chi connectivity index (χ4v) is 6.85. The Morgan fingerprint density at radius 1 is 1.25 bits per heavy atom. The van der Waals surface area contributed by atoms with Gasteiger partial charge in [-0.2, -0.15) is 5.26 Å². The lowest BCUT2D eigenvalue weighted by molar-refractivity contribution is -0.683. The smallest absolute Gasteiger partial charge is 0.278 e. The molecule has 0 spiro atoms. The number of amides is 1. The van der Waals surface area contributed by atoms with Crippen LogP contribution in [0.3, 0.4) is 0 Å². The van der Waals surface area contributed by atoms with Gasteiger partial charge in [-0.3, -0.25) is 4.79 Å². The van der Waals surface area contributed by atoms with E-state index in [1.807, 2.05) is 24.3 Å². The second-order valence-electron chi connectivity index (χ2n) is 9.35. The van der Waals surface area contributed by atoms with Crippen molar-refractivity contribution >= 4 is 17.5 Å². The van der Waals surface area contributed by atoms with Crippen LogP contribution in [-0.4, -0.2) is 29.4 Å². The van der Waals surface area contributed by atoms with E-state index in [1.54, 1.807) is 0 Å². The fraction of sp³-hybridized carbons (Fsp3) is 0.652. The van der Waals surface area contributed by atoms with E-state index in [2.05, 4.69) is 23.2 Å². The van der Waals surface area contributed by atoms with Crippen LogP contribution < -0.4 is 5.32 Å². The standard InChI is InChI=1S/C23H30ClN3O/c1-16(20-5-2-3-6-21(20)24)26-15-22(28)27(8-4-7-25)23-12-17-9-18(13-23)11-19(10-17)14-23/h2-3,5-6,16-19,26H,4,8-15H2,1H3/p+1/t16-,17?,18?,19?,23?/m1/s1. The van der Waals surface area contributed by atoms with Gasteiger partial charge in [0, 0.05) is 22.7 Å². The number of rotatable bonds is 7. The average Bonchev–Trinajstić information content (AvgIpc) is 2.65. The molecule has 0 saturated heterocycles. The summed E-state index contributed by atoms with van der Waals surface area (Å²) >= 11 is 6.32. The summed E-state index contributed by atoms with van der Waals surface area (Å²) in [6.45, 7) is 3.09. The molecule has 4 saturated carbocycles. The molecule has 5 rings (SSSR count). The third kappa shape index (κ3) is 3.80. The monoisotopic (exact) mass is 400 g/mol. The first kappa shape index (κ1) is 19.7. The van der Waals surface area contributed by atoms with Crippen LogP contribution in [0.5, 0.6) is 0 Å². The molecule has 0 aromatic heterocycles. The van der Waals surface area contributed by atoms with Crippen LogP contribution in [0.25, 0.3) is 0 Å². The molecule has 0 radical (unpaired) electrons. The number of hydrogen-bond donors (Lipinski definition) is 1. The number of halogens is 1. The summed E-state index contributed by atoms with van der Waals surface area (Å²) in [5, 5.41) is 12.0. The number of benzene rings is 1. The Labute approximate surface area is 173 Å². The Balaban J connectivity index is 1.46. The van der Waals surface area contributed by atoms with Gasteiger partial charge in [-0.25, -0.2) is 0 Å². The Hall–Kier alpha value is -1.57. The number of carbonyl (C=O) groups is 1. The first-order valence-corrected chi connectivity index (χ1v) is 11.1. The molecule has 2 N–H and O–H groups in total. The van der Waals surface area contributed by atoms with Gasteiger partial charge >= 0.3 is 0 Å². The second-order valence-corrected chi connectivity index (χ2v) is 9.75. The van der Waals surface area contributed by atoms with Gasteiger partial charge in [0.2, 0.25) is 0 Å². The summed E-state index contributed by atoms with van der Waals surface area (Å²) in [6, 6.07) is 10.2. The zero-order chi connectivity index (χ0) is 19.7. The fourth-order valence-electron chi connectivity index (χ4n) is 6.54. The number of nitrogens with two attached hydrogens (primary N) is 1. The lowest BCUT2D eigenvalue weighted by Crippen LogP contribution is -2.87. The highest BCUT2D eigenvalue weighted by Gasteiger charge is 2.54. The van der Waals surface area contributed by atoms with Crippen LogP contribution in [0.15, 0.2) is 24.3 Å². The van der Waals surface area contributed by atoms with Crippen LogP contribution in [-0.2, 0) is 4.79 Å². The van der Waals surface area contributed by atoms with Crippen molar-refractivity contribution in [2.45, 2.75) is 63.5 Å². The van der Waals surface area contributed by atoms with Crippen molar-refractivity contribution in [3.05, 3.63) is 34.9 Å². The second kappa shape index (κ2) is 8.05. The molecule has 0 unspecified atom stereocenters. The Kier molecular flexibility index (Phi) is 5.67. The van der Waals surface area contributed by atoms with Crippen LogP contribution in [0.4, 0.5) is 0 Å². The topological polar surface area (TPSA) is 60.7 Å². The summed E-state index contributed by atoms with van der Waals surface area (Å²) < 4.78 is 0. The molecule has 28 heavy (non-hydrogen) atoms. The molecule has 1 amide bonds. The first-order valence-electron chi connectivity index (χ1n) is 10.8. The molecular formula is C23H31ClN3O+. The predicted molar refractivity (Wildman–Crippen MR) is 110 cm³/mol. The minimum absolute atomic E-state index is 0.0180. The number of quaternary nitrogens is 1. The minimum Gasteiger partial charge on any atom is -0.332 e.